The molecule has 1 saturated carbocycles. The van der Waals surface area contributed by atoms with Gasteiger partial charge in [-0.15, -0.1) is 0 Å². The van der Waals surface area contributed by atoms with Crippen molar-refractivity contribution in [2.75, 3.05) is 6.61 Å². The first-order valence-corrected chi connectivity index (χ1v) is 10.1. The summed E-state index contributed by atoms with van der Waals surface area (Å²) in [6.45, 7) is 10.0. The smallest absolute Gasteiger partial charge is 0.303 e. The van der Waals surface area contributed by atoms with Gasteiger partial charge in [-0.25, -0.2) is 0 Å². The van der Waals surface area contributed by atoms with Gasteiger partial charge in [0.1, 0.15) is 6.61 Å². The van der Waals surface area contributed by atoms with Crippen LogP contribution in [0.25, 0.3) is 0 Å². The first-order valence-electron chi connectivity index (χ1n) is 10.1. The second-order valence-corrected chi connectivity index (χ2v) is 9.26. The van der Waals surface area contributed by atoms with Crippen LogP contribution in [0, 0.1) is 28.6 Å². The summed E-state index contributed by atoms with van der Waals surface area (Å²) in [6.07, 6.45) is 6.60. The molecule has 152 valence electrons. The highest BCUT2D eigenvalue weighted by Crippen LogP contribution is 2.57. The van der Waals surface area contributed by atoms with E-state index in [1.807, 2.05) is 19.9 Å². The lowest BCUT2D eigenvalue weighted by Gasteiger charge is -2.53. The fraction of sp³-hybridized carbons (Fsp3) is 0.773. The Balaban J connectivity index is 2.27. The van der Waals surface area contributed by atoms with Crippen LogP contribution in [-0.2, 0) is 19.1 Å². The van der Waals surface area contributed by atoms with E-state index in [0.717, 1.165) is 37.7 Å². The Bertz CT molecular complexity index is 637. The molecule has 5 heteroatoms. The van der Waals surface area contributed by atoms with Crippen molar-refractivity contribution in [1.29, 1.82) is 0 Å². The SMILES string of the molecule is CC(=O)OC[C@]1(C)CCC[C@@H]2C1=CC(=O)[C@H](C)[C@@]2(C)CC[C@H](C)CC(=O)O. The molecular formula is C22H34O5. The van der Waals surface area contributed by atoms with Gasteiger partial charge >= 0.3 is 11.9 Å². The molecule has 1 N–H and O–H groups in total. The number of fused-ring (bicyclic) bond motifs is 1. The number of esters is 1. The largest absolute Gasteiger partial charge is 0.481 e. The molecule has 2 aliphatic rings. The van der Waals surface area contributed by atoms with Crippen LogP contribution in [0.4, 0.5) is 0 Å². The Morgan fingerprint density at radius 1 is 1.37 bits per heavy atom. The predicted molar refractivity (Wildman–Crippen MR) is 103 cm³/mol. The molecule has 2 rings (SSSR count). The monoisotopic (exact) mass is 378 g/mol. The summed E-state index contributed by atoms with van der Waals surface area (Å²) < 4.78 is 5.35. The van der Waals surface area contributed by atoms with Crippen molar-refractivity contribution in [2.45, 2.75) is 73.1 Å². The highest BCUT2D eigenvalue weighted by atomic mass is 16.5. The van der Waals surface area contributed by atoms with Crippen molar-refractivity contribution in [3.8, 4) is 0 Å². The normalized spacial score (nSPS) is 34.4. The second kappa shape index (κ2) is 8.15. The van der Waals surface area contributed by atoms with Crippen LogP contribution in [0.15, 0.2) is 11.6 Å². The number of carbonyl (C=O) groups is 3. The zero-order chi connectivity index (χ0) is 20.4. The fourth-order valence-corrected chi connectivity index (χ4v) is 5.05. The van der Waals surface area contributed by atoms with E-state index in [1.54, 1.807) is 0 Å². The van der Waals surface area contributed by atoms with Gasteiger partial charge < -0.3 is 9.84 Å². The fourth-order valence-electron chi connectivity index (χ4n) is 5.05. The molecule has 0 spiro atoms. The Morgan fingerprint density at radius 3 is 2.63 bits per heavy atom. The Morgan fingerprint density at radius 2 is 2.04 bits per heavy atom. The van der Waals surface area contributed by atoms with Crippen LogP contribution in [0.5, 0.6) is 0 Å². The standard InChI is InChI=1S/C22H34O5/c1-14(11-20(25)26)8-10-22(5)15(2)19(24)12-18-17(22)7-6-9-21(18,4)13-27-16(3)23/h12,14-15,17H,6-11,13H2,1-5H3,(H,25,26)/t14-,15-,17+,21-,22+/m0/s1. The van der Waals surface area contributed by atoms with Crippen molar-refractivity contribution in [3.63, 3.8) is 0 Å². The first-order chi connectivity index (χ1) is 12.5. The van der Waals surface area contributed by atoms with Gasteiger partial charge in [0.15, 0.2) is 5.78 Å². The highest BCUT2D eigenvalue weighted by molar-refractivity contribution is 5.94. The molecule has 0 aromatic rings. The molecule has 0 aromatic heterocycles. The zero-order valence-corrected chi connectivity index (χ0v) is 17.3. The predicted octanol–water partition coefficient (Wildman–Crippen LogP) is 4.40. The third kappa shape index (κ3) is 4.61. The molecule has 5 atom stereocenters. The average molecular weight is 379 g/mol. The second-order valence-electron chi connectivity index (χ2n) is 9.26. The van der Waals surface area contributed by atoms with Gasteiger partial charge in [0.2, 0.25) is 0 Å². The molecular weight excluding hydrogens is 344 g/mol. The van der Waals surface area contributed by atoms with Gasteiger partial charge in [-0.05, 0) is 49.0 Å². The van der Waals surface area contributed by atoms with E-state index >= 15 is 0 Å². The number of carboxylic acid groups (broad SMARTS) is 1. The number of hydrogen-bond donors (Lipinski definition) is 1. The zero-order valence-electron chi connectivity index (χ0n) is 17.3. The van der Waals surface area contributed by atoms with E-state index in [9.17, 15) is 14.4 Å². The molecule has 0 aromatic carbocycles. The number of carboxylic acids is 1. The lowest BCUT2D eigenvalue weighted by molar-refractivity contribution is -0.144. The molecule has 1 fully saturated rings. The number of ketones is 1. The Hall–Kier alpha value is -1.65. The van der Waals surface area contributed by atoms with E-state index in [1.165, 1.54) is 6.92 Å². The molecule has 0 bridgehead atoms. The van der Waals surface area contributed by atoms with E-state index < -0.39 is 5.97 Å². The van der Waals surface area contributed by atoms with Gasteiger partial charge in [0.05, 0.1) is 0 Å². The minimum atomic E-state index is -0.771. The summed E-state index contributed by atoms with van der Waals surface area (Å²) in [5, 5.41) is 9.03. The maximum absolute atomic E-state index is 12.8. The Labute approximate surface area is 162 Å². The van der Waals surface area contributed by atoms with Crippen LogP contribution in [0.2, 0.25) is 0 Å². The van der Waals surface area contributed by atoms with E-state index in [0.29, 0.717) is 6.61 Å². The summed E-state index contributed by atoms with van der Waals surface area (Å²) in [6, 6.07) is 0. The highest BCUT2D eigenvalue weighted by Gasteiger charge is 2.52. The molecule has 0 unspecified atom stereocenters. The van der Waals surface area contributed by atoms with Gasteiger partial charge in [-0.1, -0.05) is 39.7 Å². The summed E-state index contributed by atoms with van der Waals surface area (Å²) in [7, 11) is 0. The summed E-state index contributed by atoms with van der Waals surface area (Å²) in [4.78, 5) is 35.2. The quantitative estimate of drug-likeness (QED) is 0.664. The first kappa shape index (κ1) is 21.6. The number of aliphatic carboxylic acids is 1. The van der Waals surface area contributed by atoms with Crippen LogP contribution >= 0.6 is 0 Å². The number of carbonyl (C=O) groups excluding carboxylic acids is 2. The van der Waals surface area contributed by atoms with E-state index in [-0.39, 0.29) is 46.8 Å². The van der Waals surface area contributed by atoms with E-state index in [4.69, 9.17) is 9.84 Å². The topological polar surface area (TPSA) is 80.7 Å². The maximum atomic E-state index is 12.8. The van der Waals surface area contributed by atoms with Crippen LogP contribution in [0.3, 0.4) is 0 Å². The minimum absolute atomic E-state index is 0.0839. The van der Waals surface area contributed by atoms with Crippen LogP contribution in [-0.4, -0.2) is 29.4 Å². The molecule has 0 saturated heterocycles. The molecule has 27 heavy (non-hydrogen) atoms. The van der Waals surface area contributed by atoms with Crippen molar-refractivity contribution >= 4 is 17.7 Å². The van der Waals surface area contributed by atoms with Crippen LogP contribution < -0.4 is 0 Å². The number of allylic oxidation sites excluding steroid dienone is 1. The average Bonchev–Trinajstić information content (AvgIpc) is 2.57. The number of hydrogen-bond acceptors (Lipinski definition) is 4. The molecule has 0 amide bonds. The lowest BCUT2D eigenvalue weighted by atomic mass is 9.51. The molecule has 5 nitrogen and oxygen atoms in total. The van der Waals surface area contributed by atoms with Gasteiger partial charge in [0.25, 0.3) is 0 Å². The van der Waals surface area contributed by atoms with Gasteiger partial charge in [0, 0.05) is 24.7 Å². The maximum Gasteiger partial charge on any atom is 0.303 e. The summed E-state index contributed by atoms with van der Waals surface area (Å²) in [5.74, 6) is -0.638. The summed E-state index contributed by atoms with van der Waals surface area (Å²) in [5.41, 5.74) is 0.649. The third-order valence-corrected chi connectivity index (χ3v) is 7.10. The number of ether oxygens (including phenoxy) is 1. The minimum Gasteiger partial charge on any atom is -0.481 e. The van der Waals surface area contributed by atoms with Crippen LogP contribution in [0.1, 0.15) is 73.1 Å². The molecule has 0 radical (unpaired) electrons. The molecule has 0 heterocycles. The van der Waals surface area contributed by atoms with Crippen molar-refractivity contribution < 1.29 is 24.2 Å². The molecule has 2 aliphatic carbocycles. The third-order valence-electron chi connectivity index (χ3n) is 7.10. The van der Waals surface area contributed by atoms with Crippen molar-refractivity contribution in [1.82, 2.24) is 0 Å². The molecule has 0 aliphatic heterocycles. The Kier molecular flexibility index (Phi) is 6.54. The van der Waals surface area contributed by atoms with Crippen molar-refractivity contribution in [2.24, 2.45) is 28.6 Å². The summed E-state index contributed by atoms with van der Waals surface area (Å²) >= 11 is 0. The van der Waals surface area contributed by atoms with E-state index in [2.05, 4.69) is 13.8 Å². The van der Waals surface area contributed by atoms with Gasteiger partial charge in [-0.3, -0.25) is 14.4 Å². The number of rotatable bonds is 7. The van der Waals surface area contributed by atoms with Crippen molar-refractivity contribution in [3.05, 3.63) is 11.6 Å². The lowest BCUT2D eigenvalue weighted by Crippen LogP contribution is -2.48. The van der Waals surface area contributed by atoms with Gasteiger partial charge in [-0.2, -0.15) is 0 Å².